The normalized spacial score (nSPS) is 28.4. The lowest BCUT2D eigenvalue weighted by molar-refractivity contribution is -0.395. The zero-order valence-corrected chi connectivity index (χ0v) is 34.8. The van der Waals surface area contributed by atoms with Crippen molar-refractivity contribution in [2.45, 2.75) is 94.1 Å². The van der Waals surface area contributed by atoms with Crippen LogP contribution < -0.4 is 0 Å². The highest BCUT2D eigenvalue weighted by Crippen LogP contribution is 2.39. The number of hydrogen-bond acceptors (Lipinski definition) is 11. The van der Waals surface area contributed by atoms with Gasteiger partial charge in [0.25, 0.3) is 0 Å². The van der Waals surface area contributed by atoms with Gasteiger partial charge in [-0.1, -0.05) is 158 Å². The molecule has 5 aromatic carbocycles. The summed E-state index contributed by atoms with van der Waals surface area (Å²) in [6, 6.07) is 49.5. The van der Waals surface area contributed by atoms with Crippen LogP contribution in [-0.2, 0) is 78.5 Å². The topological polar surface area (TPSA) is 102 Å². The quantitative estimate of drug-likeness (QED) is 0.0770. The van der Waals surface area contributed by atoms with Crippen LogP contribution >= 0.6 is 0 Å². The highest BCUT2D eigenvalue weighted by atomic mass is 16.8. The fraction of sp³-hybridized carbons (Fsp3) is 0.373. The van der Waals surface area contributed by atoms with Crippen molar-refractivity contribution in [2.24, 2.45) is 0 Å². The highest BCUT2D eigenvalue weighted by molar-refractivity contribution is 5.18. The fourth-order valence-corrected chi connectivity index (χ4v) is 8.00. The van der Waals surface area contributed by atoms with Gasteiger partial charge >= 0.3 is 0 Å². The molecule has 0 aromatic heterocycles. The van der Waals surface area contributed by atoms with Crippen molar-refractivity contribution in [1.82, 2.24) is 0 Å². The van der Waals surface area contributed by atoms with Gasteiger partial charge in [-0.2, -0.15) is 0 Å². The van der Waals surface area contributed by atoms with E-state index in [1.165, 1.54) is 0 Å². The predicted molar refractivity (Wildman–Crippen MR) is 229 cm³/mol. The molecule has 0 bridgehead atoms. The number of terminal acetylenes is 1. The zero-order chi connectivity index (χ0) is 42.4. The molecule has 0 amide bonds. The minimum absolute atomic E-state index is 0.0393. The van der Waals surface area contributed by atoms with Gasteiger partial charge < -0.3 is 52.1 Å². The number of hydrogen-bond donors (Lipinski definition) is 0. The Morgan fingerprint density at radius 1 is 0.532 bits per heavy atom. The molecule has 3 heterocycles. The molecule has 0 unspecified atom stereocenters. The molecule has 3 fully saturated rings. The first kappa shape index (κ1) is 43.9. The van der Waals surface area contributed by atoms with Gasteiger partial charge in [0.15, 0.2) is 18.9 Å². The summed E-state index contributed by atoms with van der Waals surface area (Å²) < 4.78 is 73.1. The lowest BCUT2D eigenvalue weighted by Crippen LogP contribution is -2.67. The summed E-state index contributed by atoms with van der Waals surface area (Å²) in [7, 11) is 1.59. The Hall–Kier alpha value is -4.78. The first-order chi connectivity index (χ1) is 30.7. The van der Waals surface area contributed by atoms with Crippen LogP contribution in [0.25, 0.3) is 0 Å². The zero-order valence-electron chi connectivity index (χ0n) is 34.8. The monoisotopic (exact) mass is 842 g/mol. The Bertz CT molecular complexity index is 2070. The third-order valence-electron chi connectivity index (χ3n) is 11.1. The van der Waals surface area contributed by atoms with Crippen molar-refractivity contribution in [3.05, 3.63) is 179 Å². The molecule has 0 radical (unpaired) electrons. The van der Waals surface area contributed by atoms with E-state index in [1.807, 2.05) is 152 Å². The van der Waals surface area contributed by atoms with E-state index in [9.17, 15) is 0 Å². The van der Waals surface area contributed by atoms with Gasteiger partial charge in [0, 0.05) is 12.7 Å². The Kier molecular flexibility index (Phi) is 15.9. The van der Waals surface area contributed by atoms with Gasteiger partial charge in [0.05, 0.1) is 39.6 Å². The summed E-state index contributed by atoms with van der Waals surface area (Å²) in [6.07, 6.45) is -2.58. The average Bonchev–Trinajstić information content (AvgIpc) is 3.33. The van der Waals surface area contributed by atoms with Crippen LogP contribution in [0, 0.1) is 12.3 Å². The van der Waals surface area contributed by atoms with Gasteiger partial charge in [-0.25, -0.2) is 0 Å². The Balaban J connectivity index is 1.13. The molecule has 5 aromatic rings. The van der Waals surface area contributed by atoms with Crippen LogP contribution in [0.3, 0.4) is 0 Å². The lowest BCUT2D eigenvalue weighted by atomic mass is 9.95. The van der Waals surface area contributed by atoms with Crippen LogP contribution in [0.15, 0.2) is 152 Å². The van der Waals surface area contributed by atoms with Crippen LogP contribution in [0.1, 0.15) is 34.1 Å². The van der Waals surface area contributed by atoms with E-state index in [-0.39, 0.29) is 39.6 Å². The van der Waals surface area contributed by atoms with Crippen molar-refractivity contribution in [2.75, 3.05) is 26.9 Å². The summed E-state index contributed by atoms with van der Waals surface area (Å²) >= 11 is 0. The highest BCUT2D eigenvalue weighted by Gasteiger charge is 2.55. The van der Waals surface area contributed by atoms with Crippen molar-refractivity contribution < 1.29 is 52.1 Å². The maximum absolute atomic E-state index is 7.20. The minimum Gasteiger partial charge on any atom is -0.374 e. The van der Waals surface area contributed by atoms with Crippen molar-refractivity contribution >= 4 is 0 Å². The van der Waals surface area contributed by atoms with Crippen LogP contribution in [0.2, 0.25) is 0 Å². The van der Waals surface area contributed by atoms with E-state index in [1.54, 1.807) is 7.11 Å². The van der Waals surface area contributed by atoms with E-state index >= 15 is 0 Å². The summed E-state index contributed by atoms with van der Waals surface area (Å²) in [4.78, 5) is 0. The Labute approximate surface area is 364 Å². The second kappa shape index (κ2) is 22.5. The molecule has 8 rings (SSSR count). The molecular weight excluding hydrogens is 789 g/mol. The van der Waals surface area contributed by atoms with Gasteiger partial charge in [0.2, 0.25) is 0 Å². The third kappa shape index (κ3) is 11.4. The summed E-state index contributed by atoms with van der Waals surface area (Å²) in [6.45, 7) is 1.43. The van der Waals surface area contributed by atoms with E-state index in [0.717, 1.165) is 27.8 Å². The predicted octanol–water partition coefficient (Wildman–Crippen LogP) is 7.57. The lowest BCUT2D eigenvalue weighted by Gasteiger charge is -2.51. The average molecular weight is 843 g/mol. The first-order valence-corrected chi connectivity index (χ1v) is 21.1. The molecule has 324 valence electrons. The summed E-state index contributed by atoms with van der Waals surface area (Å²) in [5.74, 6) is 2.63. The van der Waals surface area contributed by atoms with E-state index in [4.69, 9.17) is 58.5 Å². The van der Waals surface area contributed by atoms with Crippen molar-refractivity contribution in [3.8, 4) is 12.3 Å². The Morgan fingerprint density at radius 3 is 1.58 bits per heavy atom. The second-order valence-corrected chi connectivity index (χ2v) is 15.4. The number of methoxy groups -OCH3 is 1. The smallest absolute Gasteiger partial charge is 0.187 e. The maximum atomic E-state index is 7.20. The standard InChI is InChI=1S/C51H54O11/c1-3-29-54-48-46(56-32-38-23-13-6-14-24-38)44-42(35-58-49(61-44)40-27-17-8-18-28-40)60-51(48)62-43-41(34-53-30-36-19-9-4-10-20-36)59-50(52-2)47(57-33-39-25-15-7-16-26-39)45(43)55-31-37-21-11-5-12-22-37/h1,4-28,41-51H,29-35H2,2H3/t41-,42-,43-,44-,45+,46+,47-,48+,49-,50+,51+/m1/s1. The Morgan fingerprint density at radius 2 is 1.03 bits per heavy atom. The van der Waals surface area contributed by atoms with Gasteiger partial charge in [-0.3, -0.25) is 0 Å². The number of benzene rings is 5. The molecular formula is C51H54O11. The molecule has 11 heteroatoms. The number of fused-ring (bicyclic) bond motifs is 1. The number of rotatable bonds is 19. The molecule has 0 aliphatic carbocycles. The molecule has 0 N–H and O–H groups in total. The minimum atomic E-state index is -1.06. The molecule has 62 heavy (non-hydrogen) atoms. The summed E-state index contributed by atoms with van der Waals surface area (Å²) in [5.41, 5.74) is 4.81. The first-order valence-electron chi connectivity index (χ1n) is 21.1. The maximum Gasteiger partial charge on any atom is 0.187 e. The fourth-order valence-electron chi connectivity index (χ4n) is 8.00. The molecule has 0 spiro atoms. The molecule has 11 atom stereocenters. The van der Waals surface area contributed by atoms with Crippen molar-refractivity contribution in [1.29, 1.82) is 0 Å². The number of ether oxygens (including phenoxy) is 11. The van der Waals surface area contributed by atoms with E-state index in [0.29, 0.717) is 6.61 Å². The second-order valence-electron chi connectivity index (χ2n) is 15.4. The molecule has 11 nitrogen and oxygen atoms in total. The van der Waals surface area contributed by atoms with E-state index in [2.05, 4.69) is 5.92 Å². The molecule has 3 aliphatic rings. The van der Waals surface area contributed by atoms with Gasteiger partial charge in [-0.05, 0) is 22.3 Å². The summed E-state index contributed by atoms with van der Waals surface area (Å²) in [5, 5.41) is 0. The van der Waals surface area contributed by atoms with E-state index < -0.39 is 67.7 Å². The SMILES string of the molecule is C#CCO[C@@H]1[C@H](O[C@H]2[C@H](OCc3ccccc3)[C@@H](OCc3ccccc3)[C@@H](OC)O[C@@H]2COCc2ccccc2)O[C@@H]2CO[C@@H](c3ccccc3)O[C@H]2[C@@H]1OCc1ccccc1. The largest absolute Gasteiger partial charge is 0.374 e. The molecule has 3 saturated heterocycles. The van der Waals surface area contributed by atoms with Crippen LogP contribution in [0.5, 0.6) is 0 Å². The van der Waals surface area contributed by atoms with Crippen LogP contribution in [-0.4, -0.2) is 88.3 Å². The van der Waals surface area contributed by atoms with Gasteiger partial charge in [-0.15, -0.1) is 6.42 Å². The third-order valence-corrected chi connectivity index (χ3v) is 11.1. The molecule has 3 aliphatic heterocycles. The van der Waals surface area contributed by atoms with Crippen LogP contribution in [0.4, 0.5) is 0 Å². The van der Waals surface area contributed by atoms with Crippen molar-refractivity contribution in [3.63, 3.8) is 0 Å². The molecule has 0 saturated carbocycles. The van der Waals surface area contributed by atoms with Gasteiger partial charge in [0.1, 0.15) is 55.4 Å².